The minimum absolute atomic E-state index is 0.999. The summed E-state index contributed by atoms with van der Waals surface area (Å²) in [6.07, 6.45) is 7.41. The monoisotopic (exact) mass is 156 g/mol. The summed E-state index contributed by atoms with van der Waals surface area (Å²) in [4.78, 5) is 1.82. The van der Waals surface area contributed by atoms with Gasteiger partial charge in [0.1, 0.15) is 0 Å². The maximum absolute atomic E-state index is 2.31. The van der Waals surface area contributed by atoms with Crippen molar-refractivity contribution in [2.45, 2.75) is 52.0 Å². The van der Waals surface area contributed by atoms with Crippen LogP contribution in [0.4, 0.5) is 0 Å². The van der Waals surface area contributed by atoms with Crippen LogP contribution in [0, 0.1) is 0 Å². The summed E-state index contributed by atoms with van der Waals surface area (Å²) >= 11 is 0. The number of nitrogens with one attached hydrogen (secondary N) is 1. The Bertz CT molecular complexity index is 91.0. The van der Waals surface area contributed by atoms with Crippen LogP contribution in [0.15, 0.2) is 0 Å². The second-order valence-electron chi connectivity index (χ2n) is 3.70. The summed E-state index contributed by atoms with van der Waals surface area (Å²) in [7, 11) is 0. The van der Waals surface area contributed by atoms with Gasteiger partial charge < -0.3 is 4.90 Å². The van der Waals surface area contributed by atoms with Gasteiger partial charge in [-0.15, -0.1) is 0 Å². The second kappa shape index (κ2) is 4.76. The fraction of sp³-hybridized carbons (Fsp3) is 1.00. The van der Waals surface area contributed by atoms with Gasteiger partial charge in [-0.05, 0) is 39.5 Å². The number of quaternary nitrogens is 1. The van der Waals surface area contributed by atoms with E-state index < -0.39 is 0 Å². The largest absolute Gasteiger partial charge is 0.333 e. The van der Waals surface area contributed by atoms with E-state index in [4.69, 9.17) is 0 Å². The predicted octanol–water partition coefficient (Wildman–Crippen LogP) is 1.24. The molecule has 0 aliphatic heterocycles. The average Bonchev–Trinajstić information content (AvgIpc) is 2.09. The molecule has 1 saturated carbocycles. The summed E-state index contributed by atoms with van der Waals surface area (Å²) in [5.74, 6) is 0. The molecule has 0 aromatic rings. The van der Waals surface area contributed by atoms with E-state index in [0.717, 1.165) is 6.04 Å². The van der Waals surface area contributed by atoms with E-state index in [1.165, 1.54) is 45.2 Å². The lowest BCUT2D eigenvalue weighted by molar-refractivity contribution is -0.923. The molecule has 1 rings (SSSR count). The lowest BCUT2D eigenvalue weighted by Crippen LogP contribution is -3.15. The van der Waals surface area contributed by atoms with Crippen LogP contribution in [0.1, 0.15) is 46.0 Å². The third-order valence-corrected chi connectivity index (χ3v) is 3.09. The molecule has 1 nitrogen and oxygen atoms in total. The first-order valence-electron chi connectivity index (χ1n) is 5.23. The van der Waals surface area contributed by atoms with E-state index in [0.29, 0.717) is 0 Å². The van der Waals surface area contributed by atoms with Gasteiger partial charge in [0.05, 0.1) is 19.1 Å². The van der Waals surface area contributed by atoms with Crippen molar-refractivity contribution in [1.82, 2.24) is 0 Å². The van der Waals surface area contributed by atoms with Crippen LogP contribution in [0.5, 0.6) is 0 Å². The molecule has 0 aromatic carbocycles. The molecule has 0 spiro atoms. The molecule has 1 N–H and O–H groups in total. The van der Waals surface area contributed by atoms with Gasteiger partial charge >= 0.3 is 0 Å². The Morgan fingerprint density at radius 2 is 1.55 bits per heavy atom. The van der Waals surface area contributed by atoms with E-state index in [1.54, 1.807) is 0 Å². The zero-order valence-electron chi connectivity index (χ0n) is 8.03. The number of hydrogen-bond acceptors (Lipinski definition) is 0. The van der Waals surface area contributed by atoms with Crippen LogP contribution in [0.25, 0.3) is 0 Å². The molecule has 0 saturated heterocycles. The van der Waals surface area contributed by atoms with Crippen molar-refractivity contribution in [2.75, 3.05) is 13.1 Å². The Hall–Kier alpha value is -0.0400. The van der Waals surface area contributed by atoms with Gasteiger partial charge in [-0.2, -0.15) is 0 Å². The molecule has 1 aliphatic rings. The summed E-state index contributed by atoms with van der Waals surface area (Å²) in [5, 5.41) is 0. The average molecular weight is 156 g/mol. The summed E-state index contributed by atoms with van der Waals surface area (Å²) in [5.41, 5.74) is 0. The third kappa shape index (κ3) is 2.48. The van der Waals surface area contributed by atoms with E-state index in [-0.39, 0.29) is 0 Å². The maximum Gasteiger partial charge on any atom is 0.0874 e. The van der Waals surface area contributed by atoms with Gasteiger partial charge in [-0.3, -0.25) is 0 Å². The van der Waals surface area contributed by atoms with Crippen molar-refractivity contribution < 1.29 is 4.90 Å². The van der Waals surface area contributed by atoms with Crippen LogP contribution in [0.3, 0.4) is 0 Å². The Balaban J connectivity index is 2.30. The molecule has 0 atom stereocenters. The van der Waals surface area contributed by atoms with Crippen molar-refractivity contribution in [2.24, 2.45) is 0 Å². The Labute approximate surface area is 70.8 Å². The topological polar surface area (TPSA) is 4.44 Å². The van der Waals surface area contributed by atoms with Crippen molar-refractivity contribution >= 4 is 0 Å². The number of rotatable bonds is 3. The zero-order chi connectivity index (χ0) is 8.10. The molecule has 0 amide bonds. The highest BCUT2D eigenvalue weighted by atomic mass is 15.1. The predicted molar refractivity (Wildman–Crippen MR) is 48.9 cm³/mol. The van der Waals surface area contributed by atoms with E-state index in [2.05, 4.69) is 13.8 Å². The first-order valence-corrected chi connectivity index (χ1v) is 5.23. The minimum atomic E-state index is 0.999. The van der Waals surface area contributed by atoms with Crippen LogP contribution in [-0.2, 0) is 0 Å². The van der Waals surface area contributed by atoms with Gasteiger partial charge in [-0.25, -0.2) is 0 Å². The van der Waals surface area contributed by atoms with Crippen LogP contribution >= 0.6 is 0 Å². The normalized spacial score (nSPS) is 21.0. The molecular formula is C10H22N+. The molecular weight excluding hydrogens is 134 g/mol. The highest BCUT2D eigenvalue weighted by Crippen LogP contribution is 2.15. The Morgan fingerprint density at radius 1 is 1.00 bits per heavy atom. The SMILES string of the molecule is CC[NH+](CC)C1CCCCC1. The second-order valence-corrected chi connectivity index (χ2v) is 3.70. The quantitative estimate of drug-likeness (QED) is 0.627. The van der Waals surface area contributed by atoms with Gasteiger partial charge in [-0.1, -0.05) is 6.42 Å². The van der Waals surface area contributed by atoms with Crippen molar-refractivity contribution in [3.8, 4) is 0 Å². The molecule has 0 aromatic heterocycles. The van der Waals surface area contributed by atoms with Crippen LogP contribution in [-0.4, -0.2) is 19.1 Å². The molecule has 0 bridgehead atoms. The van der Waals surface area contributed by atoms with Crippen LogP contribution < -0.4 is 4.90 Å². The summed E-state index contributed by atoms with van der Waals surface area (Å²) in [6.45, 7) is 7.27. The third-order valence-electron chi connectivity index (χ3n) is 3.09. The first kappa shape index (κ1) is 9.05. The molecule has 0 heterocycles. The zero-order valence-corrected chi connectivity index (χ0v) is 8.03. The fourth-order valence-electron chi connectivity index (χ4n) is 2.34. The standard InChI is InChI=1S/C10H21N/c1-3-11(4-2)10-8-6-5-7-9-10/h10H,3-9H2,1-2H3/p+1. The highest BCUT2D eigenvalue weighted by Gasteiger charge is 2.21. The Morgan fingerprint density at radius 3 is 2.00 bits per heavy atom. The highest BCUT2D eigenvalue weighted by molar-refractivity contribution is 4.63. The number of hydrogen-bond donors (Lipinski definition) is 1. The van der Waals surface area contributed by atoms with Crippen molar-refractivity contribution in [1.29, 1.82) is 0 Å². The lowest BCUT2D eigenvalue weighted by Gasteiger charge is -2.29. The van der Waals surface area contributed by atoms with Gasteiger partial charge in [0, 0.05) is 0 Å². The summed E-state index contributed by atoms with van der Waals surface area (Å²) < 4.78 is 0. The van der Waals surface area contributed by atoms with E-state index in [1.807, 2.05) is 4.90 Å². The maximum atomic E-state index is 2.31. The first-order chi connectivity index (χ1) is 5.38. The summed E-state index contributed by atoms with van der Waals surface area (Å²) in [6, 6.07) is 0.999. The lowest BCUT2D eigenvalue weighted by atomic mass is 9.94. The van der Waals surface area contributed by atoms with E-state index >= 15 is 0 Å². The molecule has 1 fully saturated rings. The molecule has 1 aliphatic carbocycles. The van der Waals surface area contributed by atoms with Crippen molar-refractivity contribution in [3.05, 3.63) is 0 Å². The van der Waals surface area contributed by atoms with Crippen molar-refractivity contribution in [3.63, 3.8) is 0 Å². The smallest absolute Gasteiger partial charge is 0.0874 e. The molecule has 11 heavy (non-hydrogen) atoms. The molecule has 1 heteroatoms. The van der Waals surface area contributed by atoms with Gasteiger partial charge in [0.25, 0.3) is 0 Å². The van der Waals surface area contributed by atoms with Crippen LogP contribution in [0.2, 0.25) is 0 Å². The molecule has 0 radical (unpaired) electrons. The van der Waals surface area contributed by atoms with E-state index in [9.17, 15) is 0 Å². The molecule has 66 valence electrons. The fourth-order valence-corrected chi connectivity index (χ4v) is 2.34. The van der Waals surface area contributed by atoms with Gasteiger partial charge in [0.2, 0.25) is 0 Å². The minimum Gasteiger partial charge on any atom is -0.333 e. The Kier molecular flexibility index (Phi) is 3.92. The van der Waals surface area contributed by atoms with Gasteiger partial charge in [0.15, 0.2) is 0 Å². The molecule has 0 unspecified atom stereocenters.